The summed E-state index contributed by atoms with van der Waals surface area (Å²) in [6.07, 6.45) is -0.457. The molecule has 1 aromatic rings. The number of aliphatic carboxylic acids is 1. The zero-order valence-corrected chi connectivity index (χ0v) is 10.2. The molecule has 0 bridgehead atoms. The number of hydrogen-bond donors (Lipinski definition) is 2. The van der Waals surface area contributed by atoms with Gasteiger partial charge in [-0.05, 0) is 17.7 Å². The van der Waals surface area contributed by atoms with Gasteiger partial charge in [0.25, 0.3) is 0 Å². The Morgan fingerprint density at radius 1 is 1.17 bits per heavy atom. The van der Waals surface area contributed by atoms with Crippen molar-refractivity contribution >= 4 is 21.8 Å². The van der Waals surface area contributed by atoms with E-state index in [2.05, 4.69) is 0 Å². The number of hydrogen-bond acceptors (Lipinski definition) is 4. The molecule has 2 N–H and O–H groups in total. The zero-order chi connectivity index (χ0) is 13.8. The predicted octanol–water partition coefficient (Wildman–Crippen LogP) is 0.774. The molecule has 0 saturated heterocycles. The van der Waals surface area contributed by atoms with Crippen molar-refractivity contribution in [1.82, 2.24) is 0 Å². The second-order valence-corrected chi connectivity index (χ2v) is 5.93. The van der Waals surface area contributed by atoms with Crippen molar-refractivity contribution in [2.24, 2.45) is 0 Å². The molecule has 0 saturated carbocycles. The van der Waals surface area contributed by atoms with Gasteiger partial charge in [-0.3, -0.25) is 4.79 Å². The lowest BCUT2D eigenvalue weighted by Gasteiger charge is -2.04. The van der Waals surface area contributed by atoms with Gasteiger partial charge in [-0.15, -0.1) is 0 Å². The van der Waals surface area contributed by atoms with Gasteiger partial charge in [-0.25, -0.2) is 13.2 Å². The largest absolute Gasteiger partial charge is 0.481 e. The van der Waals surface area contributed by atoms with Gasteiger partial charge in [0, 0.05) is 0 Å². The molecule has 0 fully saturated rings. The molecule has 1 rings (SSSR count). The monoisotopic (exact) mass is 272 g/mol. The lowest BCUT2D eigenvalue weighted by Crippen LogP contribution is -2.13. The molecular weight excluding hydrogens is 260 g/mol. The third-order valence-electron chi connectivity index (χ3n) is 2.19. The van der Waals surface area contributed by atoms with Gasteiger partial charge in [-0.1, -0.05) is 12.1 Å². The Labute approximate surface area is 104 Å². The number of rotatable bonds is 6. The Hall–Kier alpha value is -1.89. The van der Waals surface area contributed by atoms with Crippen LogP contribution < -0.4 is 0 Å². The smallest absolute Gasteiger partial charge is 0.335 e. The number of sulfone groups is 1. The average Bonchev–Trinajstić information content (AvgIpc) is 2.26. The van der Waals surface area contributed by atoms with Crippen LogP contribution in [0.3, 0.4) is 0 Å². The van der Waals surface area contributed by atoms with Gasteiger partial charge in [0.1, 0.15) is 0 Å². The van der Waals surface area contributed by atoms with Gasteiger partial charge in [0.05, 0.1) is 23.5 Å². The van der Waals surface area contributed by atoms with Crippen LogP contribution in [0.2, 0.25) is 0 Å². The van der Waals surface area contributed by atoms with E-state index in [1.807, 2.05) is 0 Å². The van der Waals surface area contributed by atoms with Crippen LogP contribution in [0.25, 0.3) is 0 Å². The van der Waals surface area contributed by atoms with Crippen LogP contribution in [-0.4, -0.2) is 36.3 Å². The fraction of sp³-hybridized carbons (Fsp3) is 0.273. The number of aromatic carboxylic acids is 1. The highest BCUT2D eigenvalue weighted by atomic mass is 32.2. The van der Waals surface area contributed by atoms with Crippen molar-refractivity contribution in [2.45, 2.75) is 12.2 Å². The fourth-order valence-corrected chi connectivity index (χ4v) is 2.68. The summed E-state index contributed by atoms with van der Waals surface area (Å²) in [6, 6.07) is 5.56. The molecule has 18 heavy (non-hydrogen) atoms. The fourth-order valence-electron chi connectivity index (χ4n) is 1.36. The van der Waals surface area contributed by atoms with E-state index in [9.17, 15) is 18.0 Å². The molecule has 0 heterocycles. The van der Waals surface area contributed by atoms with Crippen molar-refractivity contribution in [2.75, 3.05) is 5.75 Å². The summed E-state index contributed by atoms with van der Waals surface area (Å²) in [5.74, 6) is -3.14. The summed E-state index contributed by atoms with van der Waals surface area (Å²) in [5.41, 5.74) is 0.334. The molecule has 0 aliphatic carbocycles. The maximum atomic E-state index is 11.6. The molecule has 0 atom stereocenters. The van der Waals surface area contributed by atoms with Gasteiger partial charge >= 0.3 is 11.9 Å². The maximum absolute atomic E-state index is 11.6. The highest BCUT2D eigenvalue weighted by Gasteiger charge is 2.15. The van der Waals surface area contributed by atoms with E-state index in [1.54, 1.807) is 0 Å². The van der Waals surface area contributed by atoms with Crippen molar-refractivity contribution in [3.05, 3.63) is 35.4 Å². The Balaban J connectivity index is 2.81. The van der Waals surface area contributed by atoms with E-state index >= 15 is 0 Å². The Morgan fingerprint density at radius 3 is 2.39 bits per heavy atom. The van der Waals surface area contributed by atoms with E-state index in [-0.39, 0.29) is 11.3 Å². The molecule has 0 aliphatic heterocycles. The number of carbonyl (C=O) groups is 2. The molecule has 7 heteroatoms. The van der Waals surface area contributed by atoms with E-state index in [1.165, 1.54) is 24.3 Å². The molecule has 6 nitrogen and oxygen atoms in total. The van der Waals surface area contributed by atoms with Crippen LogP contribution in [0.4, 0.5) is 0 Å². The van der Waals surface area contributed by atoms with E-state index in [0.29, 0.717) is 5.56 Å². The first-order valence-electron chi connectivity index (χ1n) is 5.04. The molecule has 0 aromatic heterocycles. The highest BCUT2D eigenvalue weighted by Crippen LogP contribution is 2.10. The standard InChI is InChI=1S/C11H12O6S/c12-10(13)4-5-18(16,17)7-8-2-1-3-9(6-8)11(14)15/h1-3,6H,4-5,7H2,(H,12,13)(H,14,15). The molecule has 0 unspecified atom stereocenters. The molecule has 0 spiro atoms. The van der Waals surface area contributed by atoms with Crippen LogP contribution >= 0.6 is 0 Å². The normalized spacial score (nSPS) is 11.1. The first-order chi connectivity index (χ1) is 8.30. The van der Waals surface area contributed by atoms with Gasteiger partial charge in [-0.2, -0.15) is 0 Å². The third kappa shape index (κ3) is 4.54. The van der Waals surface area contributed by atoms with Crippen LogP contribution in [0, 0.1) is 0 Å². The van der Waals surface area contributed by atoms with Gasteiger partial charge < -0.3 is 10.2 Å². The van der Waals surface area contributed by atoms with Crippen molar-refractivity contribution < 1.29 is 28.2 Å². The molecule has 1 aromatic carbocycles. The first kappa shape index (κ1) is 14.2. The van der Waals surface area contributed by atoms with Crippen molar-refractivity contribution in [3.63, 3.8) is 0 Å². The number of benzene rings is 1. The van der Waals surface area contributed by atoms with Crippen LogP contribution in [0.1, 0.15) is 22.3 Å². The van der Waals surface area contributed by atoms with Gasteiger partial charge in [0.15, 0.2) is 9.84 Å². The van der Waals surface area contributed by atoms with Crippen LogP contribution in [0.15, 0.2) is 24.3 Å². The molecule has 0 aliphatic rings. The summed E-state index contributed by atoms with van der Waals surface area (Å²) in [7, 11) is -3.55. The number of carboxylic acids is 2. The minimum atomic E-state index is -3.55. The van der Waals surface area contributed by atoms with Crippen LogP contribution in [0.5, 0.6) is 0 Å². The Morgan fingerprint density at radius 2 is 1.83 bits per heavy atom. The predicted molar refractivity (Wildman–Crippen MR) is 63.1 cm³/mol. The highest BCUT2D eigenvalue weighted by molar-refractivity contribution is 7.90. The third-order valence-corrected chi connectivity index (χ3v) is 3.79. The van der Waals surface area contributed by atoms with E-state index in [4.69, 9.17) is 10.2 Å². The second kappa shape index (κ2) is 5.63. The lowest BCUT2D eigenvalue weighted by molar-refractivity contribution is -0.136. The van der Waals surface area contributed by atoms with Crippen LogP contribution in [-0.2, 0) is 20.4 Å². The maximum Gasteiger partial charge on any atom is 0.335 e. The quantitative estimate of drug-likeness (QED) is 0.791. The molecule has 0 amide bonds. The zero-order valence-electron chi connectivity index (χ0n) is 9.37. The SMILES string of the molecule is O=C(O)CCS(=O)(=O)Cc1cccc(C(=O)O)c1. The number of carboxylic acid groups (broad SMARTS) is 2. The summed E-state index contributed by atoms with van der Waals surface area (Å²) in [5, 5.41) is 17.2. The van der Waals surface area contributed by atoms with E-state index in [0.717, 1.165) is 0 Å². The van der Waals surface area contributed by atoms with E-state index < -0.39 is 33.9 Å². The topological polar surface area (TPSA) is 109 Å². The second-order valence-electron chi connectivity index (χ2n) is 3.74. The van der Waals surface area contributed by atoms with Gasteiger partial charge in [0.2, 0.25) is 0 Å². The average molecular weight is 272 g/mol. The Kier molecular flexibility index (Phi) is 4.43. The molecular formula is C11H12O6S. The molecule has 0 radical (unpaired) electrons. The lowest BCUT2D eigenvalue weighted by atomic mass is 10.1. The summed E-state index contributed by atoms with van der Waals surface area (Å²) >= 11 is 0. The summed E-state index contributed by atoms with van der Waals surface area (Å²) < 4.78 is 23.1. The minimum absolute atomic E-state index is 0.000865. The first-order valence-corrected chi connectivity index (χ1v) is 6.87. The van der Waals surface area contributed by atoms with Crippen molar-refractivity contribution in [3.8, 4) is 0 Å². The minimum Gasteiger partial charge on any atom is -0.481 e. The van der Waals surface area contributed by atoms with Crippen molar-refractivity contribution in [1.29, 1.82) is 0 Å². The molecule has 98 valence electrons. The summed E-state index contributed by atoms with van der Waals surface area (Å²) in [4.78, 5) is 21.0. The Bertz CT molecular complexity index is 561. The summed E-state index contributed by atoms with van der Waals surface area (Å²) in [6.45, 7) is 0.